The van der Waals surface area contributed by atoms with Crippen LogP contribution in [0, 0.1) is 19.8 Å². The van der Waals surface area contributed by atoms with Gasteiger partial charge in [0.05, 0.1) is 6.04 Å². The van der Waals surface area contributed by atoms with Gasteiger partial charge in [-0.05, 0) is 56.5 Å². The maximum atomic E-state index is 4.34. The van der Waals surface area contributed by atoms with Gasteiger partial charge in [0.15, 0.2) is 0 Å². The number of hydrogen-bond donors (Lipinski definition) is 0. The van der Waals surface area contributed by atoms with E-state index < -0.39 is 0 Å². The Bertz CT molecular complexity index is 1150. The fourth-order valence-electron chi connectivity index (χ4n) is 3.60. The molecule has 4 aromatic rings. The van der Waals surface area contributed by atoms with Gasteiger partial charge in [0, 0.05) is 49.3 Å². The lowest BCUT2D eigenvalue weighted by Gasteiger charge is -2.14. The molecule has 0 saturated carbocycles. The molecular weight excluding hydrogens is 370 g/mol. The second kappa shape index (κ2) is 8.91. The second-order valence-corrected chi connectivity index (χ2v) is 7.79. The van der Waals surface area contributed by atoms with E-state index in [9.17, 15) is 0 Å². The molecule has 5 nitrogen and oxygen atoms in total. The summed E-state index contributed by atoms with van der Waals surface area (Å²) < 4.78 is 4.00. The van der Waals surface area contributed by atoms with E-state index in [1.54, 1.807) is 12.4 Å². The first-order valence-corrected chi connectivity index (χ1v) is 10.3. The molecular formula is C25H27N5. The normalized spacial score (nSPS) is 19.0. The largest absolute Gasteiger partial charge is 0.307 e. The minimum absolute atomic E-state index is 0.462. The maximum Gasteiger partial charge on any atom is 0.136 e. The zero-order chi connectivity index (χ0) is 20.9. The summed E-state index contributed by atoms with van der Waals surface area (Å²) in [6.45, 7) is 6.28. The Morgan fingerprint density at radius 1 is 0.867 bits per heavy atom. The van der Waals surface area contributed by atoms with Gasteiger partial charge in [-0.2, -0.15) is 0 Å². The van der Waals surface area contributed by atoms with Crippen LogP contribution < -0.4 is 0 Å². The number of aryl methyl sites for hydroxylation is 2. The quantitative estimate of drug-likeness (QED) is 0.407. The third-order valence-corrected chi connectivity index (χ3v) is 5.22. The summed E-state index contributed by atoms with van der Waals surface area (Å²) in [5.41, 5.74) is 5.90. The smallest absolute Gasteiger partial charge is 0.136 e. The van der Waals surface area contributed by atoms with E-state index in [0.717, 1.165) is 17.7 Å². The Hall–Kier alpha value is -3.47. The lowest BCUT2D eigenvalue weighted by molar-refractivity contribution is 0.632. The van der Waals surface area contributed by atoms with E-state index in [0.29, 0.717) is 12.0 Å². The van der Waals surface area contributed by atoms with Crippen LogP contribution in [0.1, 0.15) is 24.5 Å². The van der Waals surface area contributed by atoms with E-state index >= 15 is 0 Å². The number of nitrogens with zero attached hydrogens (tertiary/aromatic N) is 5. The molecule has 0 saturated heterocycles. The van der Waals surface area contributed by atoms with Crippen molar-refractivity contribution in [2.24, 2.45) is 10.9 Å². The highest BCUT2D eigenvalue weighted by Gasteiger charge is 2.21. The number of pyridine rings is 2. The zero-order valence-electron chi connectivity index (χ0n) is 17.7. The average molecular weight is 398 g/mol. The van der Waals surface area contributed by atoms with E-state index in [2.05, 4.69) is 78.4 Å². The molecule has 2 unspecified atom stereocenters. The van der Waals surface area contributed by atoms with Crippen LogP contribution in [0.5, 0.6) is 0 Å². The first-order valence-electron chi connectivity index (χ1n) is 10.3. The maximum absolute atomic E-state index is 4.34. The van der Waals surface area contributed by atoms with Crippen molar-refractivity contribution >= 4 is 17.5 Å². The number of imidazole rings is 2. The summed E-state index contributed by atoms with van der Waals surface area (Å²) in [7, 11) is 0. The van der Waals surface area contributed by atoms with E-state index in [1.165, 1.54) is 16.7 Å². The molecule has 0 aromatic carbocycles. The molecule has 0 fully saturated rings. The number of rotatable bonds is 0. The molecule has 30 heavy (non-hydrogen) atoms. The molecule has 5 heteroatoms. The van der Waals surface area contributed by atoms with Crippen molar-refractivity contribution in [3.8, 4) is 0 Å². The predicted octanol–water partition coefficient (Wildman–Crippen LogP) is 5.25. The lowest BCUT2D eigenvalue weighted by atomic mass is 9.92. The van der Waals surface area contributed by atoms with Crippen molar-refractivity contribution in [1.82, 2.24) is 18.8 Å². The Kier molecular flexibility index (Phi) is 5.89. The van der Waals surface area contributed by atoms with Crippen molar-refractivity contribution in [2.45, 2.75) is 33.2 Å². The number of aliphatic imine (C=N–C) groups is 1. The third-order valence-electron chi connectivity index (χ3n) is 5.22. The van der Waals surface area contributed by atoms with Crippen LogP contribution in [0.15, 0.2) is 90.2 Å². The number of fused-ring (bicyclic) bond motifs is 3. The molecule has 0 amide bonds. The van der Waals surface area contributed by atoms with Gasteiger partial charge in [0.25, 0.3) is 0 Å². The van der Waals surface area contributed by atoms with Gasteiger partial charge in [0.1, 0.15) is 11.3 Å². The van der Waals surface area contributed by atoms with Gasteiger partial charge in [-0.3, -0.25) is 4.99 Å². The third kappa shape index (κ3) is 4.74. The zero-order valence-corrected chi connectivity index (χ0v) is 17.7. The highest BCUT2D eigenvalue weighted by molar-refractivity contribution is 5.62. The highest BCUT2D eigenvalue weighted by atomic mass is 15.0. The van der Waals surface area contributed by atoms with Gasteiger partial charge in [-0.25, -0.2) is 9.97 Å². The Morgan fingerprint density at radius 3 is 2.53 bits per heavy atom. The molecule has 5 heterocycles. The Morgan fingerprint density at radius 2 is 1.67 bits per heavy atom. The van der Waals surface area contributed by atoms with Gasteiger partial charge >= 0.3 is 0 Å². The molecule has 0 N–H and O–H groups in total. The second-order valence-electron chi connectivity index (χ2n) is 7.79. The van der Waals surface area contributed by atoms with E-state index in [1.807, 2.05) is 39.7 Å². The van der Waals surface area contributed by atoms with Crippen LogP contribution in [-0.4, -0.2) is 31.0 Å². The average Bonchev–Trinajstić information content (AvgIpc) is 3.48. The summed E-state index contributed by atoms with van der Waals surface area (Å²) in [4.78, 5) is 12.6. The van der Waals surface area contributed by atoms with Gasteiger partial charge < -0.3 is 8.80 Å². The summed E-state index contributed by atoms with van der Waals surface area (Å²) >= 11 is 0. The molecule has 152 valence electrons. The molecule has 2 atom stereocenters. The first-order chi connectivity index (χ1) is 14.6. The van der Waals surface area contributed by atoms with Crippen molar-refractivity contribution in [3.05, 3.63) is 96.4 Å². The van der Waals surface area contributed by atoms with Gasteiger partial charge in [-0.1, -0.05) is 29.9 Å². The SMILES string of the molecule is CC1=CC2CC=NC2C=C1.Cc1ccc2nccn2c1.Cc1ccn2ccnc2c1. The Balaban J connectivity index is 0.000000109. The summed E-state index contributed by atoms with van der Waals surface area (Å²) in [6, 6.07) is 8.65. The minimum Gasteiger partial charge on any atom is -0.307 e. The highest BCUT2D eigenvalue weighted by Crippen LogP contribution is 2.25. The lowest BCUT2D eigenvalue weighted by Crippen LogP contribution is -2.11. The number of aromatic nitrogens is 4. The molecule has 0 radical (unpaired) electrons. The first kappa shape index (κ1) is 19.8. The Labute approximate surface area is 177 Å². The molecule has 0 bridgehead atoms. The van der Waals surface area contributed by atoms with Gasteiger partial charge in [0.2, 0.25) is 0 Å². The van der Waals surface area contributed by atoms with Gasteiger partial charge in [-0.15, -0.1) is 0 Å². The fraction of sp³-hybridized carbons (Fsp3) is 0.240. The molecule has 1 aliphatic carbocycles. The summed E-state index contributed by atoms with van der Waals surface area (Å²) in [6.07, 6.45) is 21.4. The predicted molar refractivity (Wildman–Crippen MR) is 123 cm³/mol. The molecule has 1 aliphatic heterocycles. The van der Waals surface area contributed by atoms with Crippen molar-refractivity contribution in [1.29, 1.82) is 0 Å². The van der Waals surface area contributed by atoms with Crippen LogP contribution in [0.4, 0.5) is 0 Å². The summed E-state index contributed by atoms with van der Waals surface area (Å²) in [5.74, 6) is 0.671. The monoisotopic (exact) mass is 397 g/mol. The van der Waals surface area contributed by atoms with Crippen LogP contribution in [-0.2, 0) is 0 Å². The van der Waals surface area contributed by atoms with Crippen LogP contribution in [0.3, 0.4) is 0 Å². The fourth-order valence-corrected chi connectivity index (χ4v) is 3.60. The van der Waals surface area contributed by atoms with Crippen molar-refractivity contribution in [2.75, 3.05) is 0 Å². The van der Waals surface area contributed by atoms with Crippen molar-refractivity contribution < 1.29 is 0 Å². The van der Waals surface area contributed by atoms with Crippen molar-refractivity contribution in [3.63, 3.8) is 0 Å². The topological polar surface area (TPSA) is 47.0 Å². The summed E-state index contributed by atoms with van der Waals surface area (Å²) in [5, 5.41) is 0. The number of allylic oxidation sites excluding steroid dienone is 2. The molecule has 4 aromatic heterocycles. The minimum atomic E-state index is 0.462. The van der Waals surface area contributed by atoms with Crippen LogP contribution in [0.2, 0.25) is 0 Å². The molecule has 0 spiro atoms. The van der Waals surface area contributed by atoms with E-state index in [-0.39, 0.29) is 0 Å². The van der Waals surface area contributed by atoms with Crippen LogP contribution in [0.25, 0.3) is 11.3 Å². The molecule has 2 aliphatic rings. The number of hydrogen-bond acceptors (Lipinski definition) is 3. The van der Waals surface area contributed by atoms with Crippen LogP contribution >= 0.6 is 0 Å². The van der Waals surface area contributed by atoms with E-state index in [4.69, 9.17) is 0 Å². The standard InChI is InChI=1S/C9H11N.2C8H8N2/c1-7-2-3-9-8(6-7)4-5-10-9;1-7-2-4-10-5-3-9-8(10)6-7;1-7-2-3-8-9-4-5-10(8)6-7/h2-3,5-6,8-9H,4H2,1H3;2*2-6H,1H3. The molecule has 6 rings (SSSR count).